The smallest absolute Gasteiger partial charge is 0.253 e. The highest BCUT2D eigenvalue weighted by Crippen LogP contribution is 2.08. The monoisotopic (exact) mass is 537 g/mol. The van der Waals surface area contributed by atoms with Gasteiger partial charge in [-0.2, -0.15) is 0 Å². The van der Waals surface area contributed by atoms with Crippen molar-refractivity contribution in [3.8, 4) is 0 Å². The minimum atomic E-state index is 0. The number of nitrogens with one attached hydrogen (secondary N) is 2. The molecule has 2 N–H and O–H groups in total. The molecule has 0 aliphatic rings. The van der Waals surface area contributed by atoms with E-state index in [0.29, 0.717) is 18.7 Å². The summed E-state index contributed by atoms with van der Waals surface area (Å²) in [5.41, 5.74) is 4.33. The lowest BCUT2D eigenvalue weighted by molar-refractivity contribution is 0.0827. The minimum Gasteiger partial charge on any atom is -0.352 e. The van der Waals surface area contributed by atoms with Gasteiger partial charge in [0.2, 0.25) is 0 Å². The molecule has 0 saturated heterocycles. The third kappa shape index (κ3) is 8.86. The van der Waals surface area contributed by atoms with Gasteiger partial charge in [-0.1, -0.05) is 50.2 Å². The van der Waals surface area contributed by atoms with Crippen molar-refractivity contribution in [2.45, 2.75) is 33.5 Å². The van der Waals surface area contributed by atoms with Crippen LogP contribution in [0.2, 0.25) is 0 Å². The molecule has 0 aliphatic heterocycles. The summed E-state index contributed by atoms with van der Waals surface area (Å²) < 4.78 is 0. The number of amides is 1. The molecule has 6 nitrogen and oxygen atoms in total. The first-order valence-corrected chi connectivity index (χ1v) is 10.5. The predicted molar refractivity (Wildman–Crippen MR) is 140 cm³/mol. The van der Waals surface area contributed by atoms with Crippen molar-refractivity contribution in [3.05, 3.63) is 70.8 Å². The van der Waals surface area contributed by atoms with Crippen LogP contribution in [0.25, 0.3) is 0 Å². The van der Waals surface area contributed by atoms with Gasteiger partial charge in [0.25, 0.3) is 5.91 Å². The molecule has 0 atom stereocenters. The molecular weight excluding hydrogens is 501 g/mol. The molecule has 0 bridgehead atoms. The van der Waals surface area contributed by atoms with Gasteiger partial charge >= 0.3 is 0 Å². The molecule has 2 rings (SSSR count). The summed E-state index contributed by atoms with van der Waals surface area (Å²) in [6.45, 7) is 8.85. The number of aliphatic imine (C=N–C) groups is 1. The van der Waals surface area contributed by atoms with Gasteiger partial charge in [-0.3, -0.25) is 14.7 Å². The molecule has 1 amide bonds. The van der Waals surface area contributed by atoms with Crippen molar-refractivity contribution in [3.63, 3.8) is 0 Å². The molecule has 0 unspecified atom stereocenters. The normalized spacial score (nSPS) is 11.1. The lowest BCUT2D eigenvalue weighted by atomic mass is 10.1. The Kier molecular flexibility index (Phi) is 12.2. The average molecular weight is 537 g/mol. The zero-order valence-corrected chi connectivity index (χ0v) is 21.6. The fourth-order valence-corrected chi connectivity index (χ4v) is 3.08. The maximum absolute atomic E-state index is 12.0. The SMILES string of the molecule is CCN(CC)Cc1ccc(CNC(=NC)NCc2ccc(C(=O)N(C)C)cc2)cc1.I. The molecular formula is C24H36IN5O. The summed E-state index contributed by atoms with van der Waals surface area (Å²) in [5, 5.41) is 6.67. The highest BCUT2D eigenvalue weighted by molar-refractivity contribution is 14.0. The van der Waals surface area contributed by atoms with E-state index >= 15 is 0 Å². The quantitative estimate of drug-likeness (QED) is 0.291. The average Bonchev–Trinajstić information content (AvgIpc) is 2.78. The molecule has 7 heteroatoms. The van der Waals surface area contributed by atoms with Crippen molar-refractivity contribution in [2.24, 2.45) is 4.99 Å². The van der Waals surface area contributed by atoms with Gasteiger partial charge in [-0.15, -0.1) is 24.0 Å². The molecule has 0 aromatic heterocycles. The molecule has 0 aliphatic carbocycles. The molecule has 31 heavy (non-hydrogen) atoms. The van der Waals surface area contributed by atoms with Crippen molar-refractivity contribution >= 4 is 35.8 Å². The second-order valence-electron chi connectivity index (χ2n) is 7.45. The largest absolute Gasteiger partial charge is 0.352 e. The van der Waals surface area contributed by atoms with Crippen LogP contribution in [0.4, 0.5) is 0 Å². The summed E-state index contributed by atoms with van der Waals surface area (Å²) in [7, 11) is 5.28. The van der Waals surface area contributed by atoms with Crippen molar-refractivity contribution in [2.75, 3.05) is 34.2 Å². The van der Waals surface area contributed by atoms with Crippen LogP contribution in [-0.2, 0) is 19.6 Å². The maximum Gasteiger partial charge on any atom is 0.253 e. The predicted octanol–water partition coefficient (Wildman–Crippen LogP) is 3.71. The number of guanidine groups is 1. The highest BCUT2D eigenvalue weighted by atomic mass is 127. The third-order valence-corrected chi connectivity index (χ3v) is 5.07. The van der Waals surface area contributed by atoms with Gasteiger partial charge in [0.05, 0.1) is 0 Å². The van der Waals surface area contributed by atoms with E-state index in [1.54, 1.807) is 26.0 Å². The van der Waals surface area contributed by atoms with Crippen LogP contribution >= 0.6 is 24.0 Å². The summed E-state index contributed by atoms with van der Waals surface area (Å²) in [5.74, 6) is 0.755. The van der Waals surface area contributed by atoms with Crippen LogP contribution in [0.5, 0.6) is 0 Å². The van der Waals surface area contributed by atoms with E-state index in [0.717, 1.165) is 31.2 Å². The molecule has 0 saturated carbocycles. The fraction of sp³-hybridized carbons (Fsp3) is 0.417. The van der Waals surface area contributed by atoms with E-state index in [4.69, 9.17) is 0 Å². The zero-order chi connectivity index (χ0) is 21.9. The van der Waals surface area contributed by atoms with E-state index in [1.165, 1.54) is 11.1 Å². The van der Waals surface area contributed by atoms with E-state index in [1.807, 2.05) is 24.3 Å². The number of carbonyl (C=O) groups is 1. The molecule has 0 heterocycles. The Morgan fingerprint density at radius 2 is 1.29 bits per heavy atom. The molecule has 0 radical (unpaired) electrons. The first kappa shape index (κ1) is 26.9. The van der Waals surface area contributed by atoms with Crippen LogP contribution in [-0.4, -0.2) is 55.9 Å². The van der Waals surface area contributed by atoms with E-state index in [9.17, 15) is 4.79 Å². The number of nitrogens with zero attached hydrogens (tertiary/aromatic N) is 3. The Hall–Kier alpha value is -2.13. The first-order valence-electron chi connectivity index (χ1n) is 10.5. The fourth-order valence-electron chi connectivity index (χ4n) is 3.08. The number of halogens is 1. The van der Waals surface area contributed by atoms with E-state index < -0.39 is 0 Å². The standard InChI is InChI=1S/C24H35N5O.HI/c1-6-29(7-2)18-21-10-8-19(9-11-21)16-26-24(25-3)27-17-20-12-14-22(15-13-20)23(30)28(4)5;/h8-15H,6-7,16-18H2,1-5H3,(H2,25,26,27);1H. The molecule has 0 spiro atoms. The lowest BCUT2D eigenvalue weighted by Gasteiger charge is -2.18. The van der Waals surface area contributed by atoms with Gasteiger partial charge in [0, 0.05) is 46.3 Å². The number of rotatable bonds is 9. The van der Waals surface area contributed by atoms with Gasteiger partial charge in [-0.25, -0.2) is 0 Å². The highest BCUT2D eigenvalue weighted by Gasteiger charge is 2.07. The molecule has 170 valence electrons. The van der Waals surface area contributed by atoms with Crippen LogP contribution in [0.3, 0.4) is 0 Å². The third-order valence-electron chi connectivity index (χ3n) is 5.07. The molecule has 0 fully saturated rings. The van der Waals surface area contributed by atoms with Gasteiger partial charge in [0.1, 0.15) is 0 Å². The van der Waals surface area contributed by atoms with Crippen LogP contribution in [0.15, 0.2) is 53.5 Å². The van der Waals surface area contributed by atoms with E-state index in [2.05, 4.69) is 58.6 Å². The van der Waals surface area contributed by atoms with Crippen molar-refractivity contribution < 1.29 is 4.79 Å². The zero-order valence-electron chi connectivity index (χ0n) is 19.3. The topological polar surface area (TPSA) is 60.0 Å². The molecule has 2 aromatic rings. The van der Waals surface area contributed by atoms with Crippen LogP contribution < -0.4 is 10.6 Å². The van der Waals surface area contributed by atoms with Gasteiger partial charge in [0.15, 0.2) is 5.96 Å². The van der Waals surface area contributed by atoms with Gasteiger partial charge < -0.3 is 15.5 Å². The second kappa shape index (κ2) is 14.0. The Morgan fingerprint density at radius 1 is 0.839 bits per heavy atom. The van der Waals surface area contributed by atoms with Crippen molar-refractivity contribution in [1.82, 2.24) is 20.4 Å². The second-order valence-corrected chi connectivity index (χ2v) is 7.45. The van der Waals surface area contributed by atoms with Crippen LogP contribution in [0.1, 0.15) is 40.9 Å². The summed E-state index contributed by atoms with van der Waals surface area (Å²) in [6, 6.07) is 16.4. The first-order chi connectivity index (χ1) is 14.5. The Bertz CT molecular complexity index is 815. The number of benzene rings is 2. The van der Waals surface area contributed by atoms with E-state index in [-0.39, 0.29) is 29.9 Å². The molecule has 2 aromatic carbocycles. The Morgan fingerprint density at radius 3 is 1.71 bits per heavy atom. The summed E-state index contributed by atoms with van der Waals surface area (Å²) in [4.78, 5) is 20.2. The summed E-state index contributed by atoms with van der Waals surface area (Å²) in [6.07, 6.45) is 0. The summed E-state index contributed by atoms with van der Waals surface area (Å²) >= 11 is 0. The number of carbonyl (C=O) groups excluding carboxylic acids is 1. The number of hydrogen-bond acceptors (Lipinski definition) is 3. The van der Waals surface area contributed by atoms with Crippen LogP contribution in [0, 0.1) is 0 Å². The van der Waals surface area contributed by atoms with Gasteiger partial charge in [-0.05, 0) is 41.9 Å². The minimum absolute atomic E-state index is 0. The van der Waals surface area contributed by atoms with Crippen molar-refractivity contribution in [1.29, 1.82) is 0 Å². The lowest BCUT2D eigenvalue weighted by Crippen LogP contribution is -2.36. The number of hydrogen-bond donors (Lipinski definition) is 2. The maximum atomic E-state index is 12.0. The Labute approximate surface area is 204 Å². The Balaban J connectivity index is 0.00000480.